The molecule has 0 radical (unpaired) electrons. The lowest BCUT2D eigenvalue weighted by molar-refractivity contribution is 0.100. The SMILES string of the molecule is COc1ccc(F)c2cc(C(N)=O)sc12. The lowest BCUT2D eigenvalue weighted by atomic mass is 10.2. The van der Waals surface area contributed by atoms with Crippen molar-refractivity contribution < 1.29 is 13.9 Å². The predicted molar refractivity (Wildman–Crippen MR) is 56.9 cm³/mol. The fraction of sp³-hybridized carbons (Fsp3) is 0.100. The quantitative estimate of drug-likeness (QED) is 0.851. The predicted octanol–water partition coefficient (Wildman–Crippen LogP) is 2.15. The minimum atomic E-state index is -0.558. The van der Waals surface area contributed by atoms with Crippen LogP contribution in [-0.4, -0.2) is 13.0 Å². The normalized spacial score (nSPS) is 10.5. The number of hydrogen-bond acceptors (Lipinski definition) is 3. The molecule has 0 saturated heterocycles. The van der Waals surface area contributed by atoms with E-state index in [9.17, 15) is 9.18 Å². The van der Waals surface area contributed by atoms with Gasteiger partial charge in [0.25, 0.3) is 5.91 Å². The van der Waals surface area contributed by atoms with Crippen LogP contribution < -0.4 is 10.5 Å². The highest BCUT2D eigenvalue weighted by molar-refractivity contribution is 7.21. The van der Waals surface area contributed by atoms with E-state index in [2.05, 4.69) is 0 Å². The molecule has 0 spiro atoms. The molecule has 0 aliphatic rings. The van der Waals surface area contributed by atoms with Gasteiger partial charge in [0, 0.05) is 5.39 Å². The molecule has 0 aliphatic heterocycles. The van der Waals surface area contributed by atoms with Crippen LogP contribution in [0.2, 0.25) is 0 Å². The monoisotopic (exact) mass is 225 g/mol. The first-order valence-electron chi connectivity index (χ1n) is 4.19. The third-order valence-electron chi connectivity index (χ3n) is 2.06. The number of halogens is 1. The van der Waals surface area contributed by atoms with Crippen LogP contribution in [-0.2, 0) is 0 Å². The number of nitrogens with two attached hydrogens (primary N) is 1. The first kappa shape index (κ1) is 9.92. The van der Waals surface area contributed by atoms with Crippen molar-refractivity contribution >= 4 is 27.3 Å². The van der Waals surface area contributed by atoms with Crippen molar-refractivity contribution in [1.82, 2.24) is 0 Å². The summed E-state index contributed by atoms with van der Waals surface area (Å²) in [7, 11) is 1.50. The lowest BCUT2D eigenvalue weighted by Gasteiger charge is -2.00. The van der Waals surface area contributed by atoms with Crippen LogP contribution >= 0.6 is 11.3 Å². The molecule has 78 valence electrons. The molecule has 1 heterocycles. The number of methoxy groups -OCH3 is 1. The molecule has 0 unspecified atom stereocenters. The Kier molecular flexibility index (Phi) is 2.32. The Hall–Kier alpha value is -1.62. The van der Waals surface area contributed by atoms with E-state index in [0.29, 0.717) is 20.7 Å². The van der Waals surface area contributed by atoms with Crippen molar-refractivity contribution in [3.63, 3.8) is 0 Å². The summed E-state index contributed by atoms with van der Waals surface area (Å²) in [4.78, 5) is 11.3. The highest BCUT2D eigenvalue weighted by Crippen LogP contribution is 2.34. The Bertz CT molecular complexity index is 535. The second-order valence-electron chi connectivity index (χ2n) is 2.97. The zero-order valence-electron chi connectivity index (χ0n) is 7.91. The summed E-state index contributed by atoms with van der Waals surface area (Å²) in [5.41, 5.74) is 5.13. The maximum absolute atomic E-state index is 13.4. The van der Waals surface area contributed by atoms with Crippen molar-refractivity contribution in [3.05, 3.63) is 28.9 Å². The first-order valence-corrected chi connectivity index (χ1v) is 5.01. The van der Waals surface area contributed by atoms with Crippen molar-refractivity contribution in [2.75, 3.05) is 7.11 Å². The summed E-state index contributed by atoms with van der Waals surface area (Å²) >= 11 is 1.13. The highest BCUT2D eigenvalue weighted by atomic mass is 32.1. The summed E-state index contributed by atoms with van der Waals surface area (Å²) in [6.45, 7) is 0. The zero-order chi connectivity index (χ0) is 11.0. The van der Waals surface area contributed by atoms with Crippen LogP contribution in [0.25, 0.3) is 10.1 Å². The minimum Gasteiger partial charge on any atom is -0.495 e. The van der Waals surface area contributed by atoms with E-state index < -0.39 is 5.91 Å². The fourth-order valence-electron chi connectivity index (χ4n) is 1.35. The van der Waals surface area contributed by atoms with Crippen LogP contribution in [0, 0.1) is 5.82 Å². The van der Waals surface area contributed by atoms with Crippen LogP contribution in [0.4, 0.5) is 4.39 Å². The van der Waals surface area contributed by atoms with E-state index in [-0.39, 0.29) is 5.82 Å². The molecule has 0 atom stereocenters. The number of amides is 1. The van der Waals surface area contributed by atoms with Gasteiger partial charge in [-0.1, -0.05) is 0 Å². The summed E-state index contributed by atoms with van der Waals surface area (Å²) < 4.78 is 19.0. The number of hydrogen-bond donors (Lipinski definition) is 1. The summed E-state index contributed by atoms with van der Waals surface area (Å²) in [5, 5.41) is 0.369. The molecule has 5 heteroatoms. The Morgan fingerprint density at radius 3 is 2.87 bits per heavy atom. The largest absolute Gasteiger partial charge is 0.495 e. The average Bonchev–Trinajstić information content (AvgIpc) is 2.64. The molecule has 1 amide bonds. The number of primary amides is 1. The first-order chi connectivity index (χ1) is 7.13. The van der Waals surface area contributed by atoms with Crippen LogP contribution in [0.15, 0.2) is 18.2 Å². The summed E-state index contributed by atoms with van der Waals surface area (Å²) in [5.74, 6) is -0.392. The van der Waals surface area contributed by atoms with Gasteiger partial charge < -0.3 is 10.5 Å². The molecule has 1 aromatic carbocycles. The van der Waals surface area contributed by atoms with Crippen molar-refractivity contribution in [2.45, 2.75) is 0 Å². The lowest BCUT2D eigenvalue weighted by Crippen LogP contribution is -2.08. The third-order valence-corrected chi connectivity index (χ3v) is 3.22. The number of thiophene rings is 1. The van der Waals surface area contributed by atoms with Crippen LogP contribution in [0.1, 0.15) is 9.67 Å². The molecule has 1 aromatic heterocycles. The van der Waals surface area contributed by atoms with E-state index in [0.717, 1.165) is 11.3 Å². The molecule has 0 aliphatic carbocycles. The molecule has 2 N–H and O–H groups in total. The highest BCUT2D eigenvalue weighted by Gasteiger charge is 2.13. The Balaban J connectivity index is 2.77. The fourth-order valence-corrected chi connectivity index (χ4v) is 2.36. The van der Waals surface area contributed by atoms with E-state index in [4.69, 9.17) is 10.5 Å². The van der Waals surface area contributed by atoms with E-state index in [1.54, 1.807) is 0 Å². The van der Waals surface area contributed by atoms with Gasteiger partial charge in [-0.25, -0.2) is 4.39 Å². The zero-order valence-corrected chi connectivity index (χ0v) is 8.73. The maximum Gasteiger partial charge on any atom is 0.258 e. The Labute approximate surface area is 89.3 Å². The molecule has 0 saturated carbocycles. The van der Waals surface area contributed by atoms with Crippen molar-refractivity contribution in [1.29, 1.82) is 0 Å². The standard InChI is InChI=1S/C10H8FNO2S/c1-14-7-3-2-6(11)5-4-8(10(12)13)15-9(5)7/h2-4H,1H3,(H2,12,13). The van der Waals surface area contributed by atoms with Gasteiger partial charge in [-0.3, -0.25) is 4.79 Å². The number of carbonyl (C=O) groups excluding carboxylic acids is 1. The van der Waals surface area contributed by atoms with Gasteiger partial charge >= 0.3 is 0 Å². The number of benzene rings is 1. The van der Waals surface area contributed by atoms with E-state index >= 15 is 0 Å². The van der Waals surface area contributed by atoms with Gasteiger partial charge in [0.1, 0.15) is 11.6 Å². The average molecular weight is 225 g/mol. The van der Waals surface area contributed by atoms with Gasteiger partial charge in [0.2, 0.25) is 0 Å². The molecule has 0 fully saturated rings. The second-order valence-corrected chi connectivity index (χ2v) is 4.02. The third kappa shape index (κ3) is 1.55. The molecule has 3 nitrogen and oxygen atoms in total. The number of carbonyl (C=O) groups is 1. The van der Waals surface area contributed by atoms with E-state index in [1.165, 1.54) is 25.3 Å². The van der Waals surface area contributed by atoms with Crippen molar-refractivity contribution in [2.24, 2.45) is 5.73 Å². The second kappa shape index (κ2) is 3.51. The smallest absolute Gasteiger partial charge is 0.258 e. The Morgan fingerprint density at radius 1 is 1.53 bits per heavy atom. The number of fused-ring (bicyclic) bond motifs is 1. The summed E-state index contributed by atoms with van der Waals surface area (Å²) in [6.07, 6.45) is 0. The number of ether oxygens (including phenoxy) is 1. The minimum absolute atomic E-state index is 0.327. The molecular weight excluding hydrogens is 217 g/mol. The number of rotatable bonds is 2. The van der Waals surface area contributed by atoms with Gasteiger partial charge in [-0.2, -0.15) is 0 Å². The molecule has 0 bridgehead atoms. The van der Waals surface area contributed by atoms with Gasteiger partial charge in [0.05, 0.1) is 16.7 Å². The van der Waals surface area contributed by atoms with E-state index in [1.807, 2.05) is 0 Å². The topological polar surface area (TPSA) is 52.3 Å². The van der Waals surface area contributed by atoms with Gasteiger partial charge in [-0.15, -0.1) is 11.3 Å². The van der Waals surface area contributed by atoms with Gasteiger partial charge in [-0.05, 0) is 18.2 Å². The Morgan fingerprint density at radius 2 is 2.27 bits per heavy atom. The summed E-state index contributed by atoms with van der Waals surface area (Å²) in [6, 6.07) is 4.28. The maximum atomic E-state index is 13.4. The molecule has 2 rings (SSSR count). The van der Waals surface area contributed by atoms with Crippen molar-refractivity contribution in [3.8, 4) is 5.75 Å². The van der Waals surface area contributed by atoms with Crippen LogP contribution in [0.5, 0.6) is 5.75 Å². The van der Waals surface area contributed by atoms with Crippen LogP contribution in [0.3, 0.4) is 0 Å². The molecule has 2 aromatic rings. The van der Waals surface area contributed by atoms with Gasteiger partial charge in [0.15, 0.2) is 0 Å². The molecular formula is C10H8FNO2S. The molecule has 15 heavy (non-hydrogen) atoms.